The van der Waals surface area contributed by atoms with E-state index in [1.165, 1.54) is 49.6 Å². The Morgan fingerprint density at radius 2 is 1.33 bits per heavy atom. The number of hydrogen-bond acceptors (Lipinski definition) is 0. The van der Waals surface area contributed by atoms with Crippen molar-refractivity contribution in [2.45, 2.75) is 51.9 Å². The van der Waals surface area contributed by atoms with Crippen molar-refractivity contribution in [3.8, 4) is 0 Å². The third-order valence-electron chi connectivity index (χ3n) is 6.18. The molecule has 3 aromatic carbocycles. The molecule has 4 aliphatic rings. The maximum Gasteiger partial charge on any atom is 0.0500 e. The van der Waals surface area contributed by atoms with Crippen LogP contribution in [-0.2, 0) is 31.1 Å². The second-order valence-electron chi connectivity index (χ2n) is 9.09. The van der Waals surface area contributed by atoms with Crippen LogP contribution in [0.25, 0.3) is 21.8 Å². The van der Waals surface area contributed by atoms with Gasteiger partial charge >= 0.3 is 0 Å². The van der Waals surface area contributed by atoms with E-state index in [-0.39, 0.29) is 5.41 Å². The first-order chi connectivity index (χ1) is 13.0. The summed E-state index contributed by atoms with van der Waals surface area (Å²) in [6.45, 7) is 6.89. The summed E-state index contributed by atoms with van der Waals surface area (Å²) in [5.74, 6) is 0. The van der Waals surface area contributed by atoms with Crippen LogP contribution in [0.5, 0.6) is 0 Å². The largest absolute Gasteiger partial charge is 0.354 e. The summed E-state index contributed by atoms with van der Waals surface area (Å²) in [5, 5.41) is 2.84. The van der Waals surface area contributed by atoms with Crippen molar-refractivity contribution in [2.75, 3.05) is 0 Å². The van der Waals surface area contributed by atoms with Gasteiger partial charge in [0.1, 0.15) is 0 Å². The third-order valence-corrected chi connectivity index (χ3v) is 6.18. The third kappa shape index (κ3) is 2.86. The van der Waals surface area contributed by atoms with Crippen molar-refractivity contribution < 1.29 is 0 Å². The maximum absolute atomic E-state index is 3.76. The zero-order valence-electron chi connectivity index (χ0n) is 16.5. The van der Waals surface area contributed by atoms with Crippen molar-refractivity contribution in [1.82, 2.24) is 4.98 Å². The Hall–Kier alpha value is -2.54. The molecule has 27 heavy (non-hydrogen) atoms. The molecule has 1 N–H and O–H groups in total. The van der Waals surface area contributed by atoms with E-state index in [9.17, 15) is 0 Å². The predicted molar refractivity (Wildman–Crippen MR) is 116 cm³/mol. The predicted octanol–water partition coefficient (Wildman–Crippen LogP) is 6.50. The highest BCUT2D eigenvalue weighted by Crippen LogP contribution is 2.35. The number of hydrogen-bond donors (Lipinski definition) is 1. The normalized spacial score (nSPS) is 14.6. The molecule has 4 aromatic rings. The van der Waals surface area contributed by atoms with Crippen LogP contribution in [0.1, 0.15) is 48.6 Å². The zero-order valence-corrected chi connectivity index (χ0v) is 16.5. The Morgan fingerprint density at radius 1 is 0.704 bits per heavy atom. The lowest BCUT2D eigenvalue weighted by atomic mass is 9.86. The van der Waals surface area contributed by atoms with E-state index >= 15 is 0 Å². The number of rotatable bonds is 0. The molecule has 1 heterocycles. The van der Waals surface area contributed by atoms with Crippen LogP contribution >= 0.6 is 0 Å². The SMILES string of the molecule is CC(C)(C)c1ccc2[nH]c3c4ccc(c3c2c1)CCc1ccc(cc1)CC4. The molecule has 0 atom stereocenters. The van der Waals surface area contributed by atoms with Crippen LogP contribution in [0, 0.1) is 0 Å². The molecule has 0 spiro atoms. The molecule has 1 nitrogen and oxygen atoms in total. The van der Waals surface area contributed by atoms with Crippen LogP contribution in [0.3, 0.4) is 0 Å². The molecule has 0 radical (unpaired) electrons. The minimum absolute atomic E-state index is 0.164. The Labute approximate surface area is 161 Å². The summed E-state index contributed by atoms with van der Waals surface area (Å²) in [6.07, 6.45) is 4.36. The Morgan fingerprint density at radius 3 is 2.00 bits per heavy atom. The van der Waals surface area contributed by atoms with E-state index in [0.29, 0.717) is 0 Å². The second-order valence-corrected chi connectivity index (χ2v) is 9.09. The van der Waals surface area contributed by atoms with Crippen molar-refractivity contribution in [1.29, 1.82) is 0 Å². The lowest BCUT2D eigenvalue weighted by molar-refractivity contribution is 0.591. The second kappa shape index (κ2) is 5.99. The molecule has 4 bridgehead atoms. The molecule has 8 rings (SSSR count). The van der Waals surface area contributed by atoms with Gasteiger partial charge < -0.3 is 4.98 Å². The van der Waals surface area contributed by atoms with Crippen LogP contribution in [0.15, 0.2) is 54.6 Å². The number of aromatic nitrogens is 1. The number of benzene rings is 3. The first-order valence-corrected chi connectivity index (χ1v) is 10.1. The molecule has 1 aromatic heterocycles. The van der Waals surface area contributed by atoms with Gasteiger partial charge in [0, 0.05) is 21.8 Å². The fourth-order valence-electron chi connectivity index (χ4n) is 4.45. The highest BCUT2D eigenvalue weighted by Gasteiger charge is 2.18. The molecular formula is C26H27N. The molecule has 0 fully saturated rings. The van der Waals surface area contributed by atoms with Crippen molar-refractivity contribution in [3.63, 3.8) is 0 Å². The fraction of sp³-hybridized carbons (Fsp3) is 0.308. The number of H-pyrrole nitrogens is 1. The van der Waals surface area contributed by atoms with Gasteiger partial charge in [0.25, 0.3) is 0 Å². The molecule has 0 amide bonds. The molecular weight excluding hydrogens is 326 g/mol. The van der Waals surface area contributed by atoms with Crippen molar-refractivity contribution in [2.24, 2.45) is 0 Å². The maximum atomic E-state index is 3.76. The van der Waals surface area contributed by atoms with E-state index < -0.39 is 0 Å². The molecule has 0 saturated heterocycles. The average Bonchev–Trinajstić information content (AvgIpc) is 3.02. The Kier molecular flexibility index (Phi) is 3.69. The summed E-state index contributed by atoms with van der Waals surface area (Å²) in [4.78, 5) is 3.76. The van der Waals surface area contributed by atoms with Gasteiger partial charge in [0.15, 0.2) is 0 Å². The van der Waals surface area contributed by atoms with Crippen LogP contribution in [-0.4, -0.2) is 4.98 Å². The summed E-state index contributed by atoms with van der Waals surface area (Å²) in [5.41, 5.74) is 9.96. The van der Waals surface area contributed by atoms with E-state index in [0.717, 1.165) is 25.7 Å². The standard InChI is InChI=1S/C26H27N/c1-26(2,3)21-14-15-23-22(16-21)24-19-10-8-17-4-6-18(7-5-17)9-11-20(13-12-19)25(24)27-23/h4-7,12-16,27H,8-11H2,1-3H3. The molecule has 0 unspecified atom stereocenters. The number of nitrogens with one attached hydrogen (secondary N) is 1. The van der Waals surface area contributed by atoms with Gasteiger partial charge in [-0.3, -0.25) is 0 Å². The molecule has 4 aliphatic carbocycles. The van der Waals surface area contributed by atoms with Gasteiger partial charge in [0.2, 0.25) is 0 Å². The van der Waals surface area contributed by atoms with E-state index in [2.05, 4.69) is 80.4 Å². The van der Waals surface area contributed by atoms with Crippen molar-refractivity contribution >= 4 is 21.8 Å². The topological polar surface area (TPSA) is 15.8 Å². The number of aromatic amines is 1. The van der Waals surface area contributed by atoms with Crippen molar-refractivity contribution in [3.05, 3.63) is 82.4 Å². The summed E-state index contributed by atoms with van der Waals surface area (Å²) < 4.78 is 0. The smallest absolute Gasteiger partial charge is 0.0500 e. The highest BCUT2D eigenvalue weighted by atomic mass is 14.7. The van der Waals surface area contributed by atoms with Gasteiger partial charge in [-0.15, -0.1) is 0 Å². The number of aryl methyl sites for hydroxylation is 4. The van der Waals surface area contributed by atoms with Crippen LogP contribution in [0.4, 0.5) is 0 Å². The first kappa shape index (κ1) is 16.6. The lowest BCUT2D eigenvalue weighted by Gasteiger charge is -2.19. The van der Waals surface area contributed by atoms with E-state index in [1.807, 2.05) is 0 Å². The van der Waals surface area contributed by atoms with Gasteiger partial charge in [0.05, 0.1) is 0 Å². The van der Waals surface area contributed by atoms with Crippen LogP contribution < -0.4 is 0 Å². The summed E-state index contributed by atoms with van der Waals surface area (Å²) >= 11 is 0. The molecule has 0 saturated carbocycles. The molecule has 1 heteroatoms. The summed E-state index contributed by atoms with van der Waals surface area (Å²) in [6, 6.07) is 20.9. The highest BCUT2D eigenvalue weighted by molar-refractivity contribution is 6.10. The van der Waals surface area contributed by atoms with Gasteiger partial charge in [-0.1, -0.05) is 63.2 Å². The van der Waals surface area contributed by atoms with Crippen LogP contribution in [0.2, 0.25) is 0 Å². The minimum atomic E-state index is 0.164. The average molecular weight is 354 g/mol. The summed E-state index contributed by atoms with van der Waals surface area (Å²) in [7, 11) is 0. The fourth-order valence-corrected chi connectivity index (χ4v) is 4.45. The van der Waals surface area contributed by atoms with E-state index in [1.54, 1.807) is 0 Å². The van der Waals surface area contributed by atoms with E-state index in [4.69, 9.17) is 0 Å². The number of fused-ring (bicyclic) bond motifs is 1. The minimum Gasteiger partial charge on any atom is -0.354 e. The lowest BCUT2D eigenvalue weighted by Crippen LogP contribution is -2.10. The Balaban J connectivity index is 1.76. The zero-order chi connectivity index (χ0) is 18.6. The van der Waals surface area contributed by atoms with Gasteiger partial charge in [-0.25, -0.2) is 0 Å². The van der Waals surface area contributed by atoms with Gasteiger partial charge in [-0.05, 0) is 71.0 Å². The quantitative estimate of drug-likeness (QED) is 0.371. The van der Waals surface area contributed by atoms with Gasteiger partial charge in [-0.2, -0.15) is 0 Å². The Bertz CT molecular complexity index is 1140. The molecule has 0 aliphatic heterocycles. The first-order valence-electron chi connectivity index (χ1n) is 10.1. The monoisotopic (exact) mass is 353 g/mol. The molecule has 136 valence electrons.